The molecular weight excluding hydrogens is 236 g/mol. The summed E-state index contributed by atoms with van der Waals surface area (Å²) in [5, 5.41) is 0. The van der Waals surface area contributed by atoms with Crippen molar-refractivity contribution in [2.24, 2.45) is 5.73 Å². The highest BCUT2D eigenvalue weighted by Crippen LogP contribution is 2.28. The molecule has 1 heterocycles. The lowest BCUT2D eigenvalue weighted by Crippen LogP contribution is -2.66. The predicted octanol–water partition coefficient (Wildman–Crippen LogP) is 1.03. The van der Waals surface area contributed by atoms with Crippen molar-refractivity contribution >= 4 is 10.0 Å². The van der Waals surface area contributed by atoms with E-state index in [0.717, 1.165) is 11.1 Å². The molecule has 0 aliphatic carbocycles. The molecule has 1 fully saturated rings. The Morgan fingerprint density at radius 3 is 2.41 bits per heavy atom. The zero-order chi connectivity index (χ0) is 12.8. The molecule has 1 aromatic rings. The minimum absolute atomic E-state index is 0.384. The second kappa shape index (κ2) is 3.80. The first-order valence-electron chi connectivity index (χ1n) is 5.59. The highest BCUT2D eigenvalue weighted by atomic mass is 32.2. The van der Waals surface area contributed by atoms with Crippen LogP contribution >= 0.6 is 0 Å². The van der Waals surface area contributed by atoms with Gasteiger partial charge in [-0.1, -0.05) is 12.1 Å². The normalized spacial score (nSPS) is 20.0. The molecule has 0 saturated carbocycles. The van der Waals surface area contributed by atoms with Gasteiger partial charge in [-0.2, -0.15) is 4.31 Å². The number of aryl methyl sites for hydroxylation is 2. The van der Waals surface area contributed by atoms with Gasteiger partial charge in [-0.3, -0.25) is 0 Å². The quantitative estimate of drug-likeness (QED) is 0.857. The summed E-state index contributed by atoms with van der Waals surface area (Å²) >= 11 is 0. The highest BCUT2D eigenvalue weighted by Gasteiger charge is 2.42. The Hall–Kier alpha value is -0.910. The van der Waals surface area contributed by atoms with Crippen molar-refractivity contribution in [3.05, 3.63) is 29.3 Å². The number of rotatable bonds is 2. The van der Waals surface area contributed by atoms with E-state index in [0.29, 0.717) is 18.0 Å². The largest absolute Gasteiger partial charge is 0.323 e. The van der Waals surface area contributed by atoms with E-state index in [1.807, 2.05) is 32.9 Å². The Kier molecular flexibility index (Phi) is 2.80. The van der Waals surface area contributed by atoms with Gasteiger partial charge < -0.3 is 5.73 Å². The standard InChI is InChI=1S/C12H18N2O2S/c1-9-4-5-10(2)11(6-9)17(15,16)14-7-12(3,13)8-14/h4-6H,7-8,13H2,1-3H3. The second-order valence-electron chi connectivity index (χ2n) is 5.20. The summed E-state index contributed by atoms with van der Waals surface area (Å²) in [6, 6.07) is 5.47. The summed E-state index contributed by atoms with van der Waals surface area (Å²) in [6.07, 6.45) is 0. The van der Waals surface area contributed by atoms with Crippen molar-refractivity contribution in [2.75, 3.05) is 13.1 Å². The summed E-state index contributed by atoms with van der Waals surface area (Å²) in [5.41, 5.74) is 7.19. The lowest BCUT2D eigenvalue weighted by molar-refractivity contribution is 0.176. The average Bonchev–Trinajstić information content (AvgIpc) is 2.18. The molecule has 1 aromatic carbocycles. The third kappa shape index (κ3) is 2.22. The SMILES string of the molecule is Cc1ccc(C)c(S(=O)(=O)N2CC(C)(N)C2)c1. The smallest absolute Gasteiger partial charge is 0.243 e. The fourth-order valence-electron chi connectivity index (χ4n) is 2.05. The predicted molar refractivity (Wildman–Crippen MR) is 67.3 cm³/mol. The molecule has 0 radical (unpaired) electrons. The summed E-state index contributed by atoms with van der Waals surface area (Å²) in [4.78, 5) is 0.396. The van der Waals surface area contributed by atoms with Crippen molar-refractivity contribution in [2.45, 2.75) is 31.2 Å². The maximum absolute atomic E-state index is 12.3. The van der Waals surface area contributed by atoms with E-state index < -0.39 is 10.0 Å². The molecule has 2 N–H and O–H groups in total. The van der Waals surface area contributed by atoms with Crippen molar-refractivity contribution < 1.29 is 8.42 Å². The van der Waals surface area contributed by atoms with Gasteiger partial charge in [-0.25, -0.2) is 8.42 Å². The molecule has 5 heteroatoms. The first kappa shape index (κ1) is 12.5. The maximum atomic E-state index is 12.3. The average molecular weight is 254 g/mol. The fourth-order valence-corrected chi connectivity index (χ4v) is 4.07. The van der Waals surface area contributed by atoms with Crippen molar-refractivity contribution in [1.29, 1.82) is 0 Å². The van der Waals surface area contributed by atoms with Crippen LogP contribution in [0.5, 0.6) is 0 Å². The lowest BCUT2D eigenvalue weighted by Gasteiger charge is -2.44. The molecule has 94 valence electrons. The Balaban J connectivity index is 2.36. The summed E-state index contributed by atoms with van der Waals surface area (Å²) in [6.45, 7) is 6.35. The van der Waals surface area contributed by atoms with Crippen LogP contribution in [0.4, 0.5) is 0 Å². The summed E-state index contributed by atoms with van der Waals surface area (Å²) in [5.74, 6) is 0. The van der Waals surface area contributed by atoms with Crippen LogP contribution in [0, 0.1) is 13.8 Å². The van der Waals surface area contributed by atoms with Crippen molar-refractivity contribution in [3.63, 3.8) is 0 Å². The van der Waals surface area contributed by atoms with Gasteiger partial charge in [0.25, 0.3) is 0 Å². The third-order valence-corrected chi connectivity index (χ3v) is 4.97. The first-order chi connectivity index (χ1) is 7.72. The van der Waals surface area contributed by atoms with Crippen LogP contribution in [0.15, 0.2) is 23.1 Å². The molecule has 0 bridgehead atoms. The Morgan fingerprint density at radius 2 is 1.88 bits per heavy atom. The molecule has 0 unspecified atom stereocenters. The number of benzene rings is 1. The van der Waals surface area contributed by atoms with Crippen LogP contribution in [0.2, 0.25) is 0 Å². The van der Waals surface area contributed by atoms with Crippen LogP contribution < -0.4 is 5.73 Å². The molecule has 17 heavy (non-hydrogen) atoms. The minimum atomic E-state index is -3.37. The van der Waals surface area contributed by atoms with Gasteiger partial charge in [-0.15, -0.1) is 0 Å². The second-order valence-corrected chi connectivity index (χ2v) is 7.10. The van der Waals surface area contributed by atoms with Crippen molar-refractivity contribution in [3.8, 4) is 0 Å². The number of nitrogens with zero attached hydrogens (tertiary/aromatic N) is 1. The van der Waals surface area contributed by atoms with E-state index >= 15 is 0 Å². The minimum Gasteiger partial charge on any atom is -0.323 e. The molecule has 1 aliphatic heterocycles. The van der Waals surface area contributed by atoms with Gasteiger partial charge in [-0.05, 0) is 38.0 Å². The number of nitrogens with two attached hydrogens (primary N) is 1. The molecule has 0 aromatic heterocycles. The van der Waals surface area contributed by atoms with Crippen LogP contribution in [-0.4, -0.2) is 31.4 Å². The topological polar surface area (TPSA) is 63.4 Å². The monoisotopic (exact) mass is 254 g/mol. The Labute approximate surface area is 102 Å². The molecular formula is C12H18N2O2S. The van der Waals surface area contributed by atoms with Crippen LogP contribution in [0.25, 0.3) is 0 Å². The fraction of sp³-hybridized carbons (Fsp3) is 0.500. The zero-order valence-corrected chi connectivity index (χ0v) is 11.2. The first-order valence-corrected chi connectivity index (χ1v) is 7.03. The van der Waals surface area contributed by atoms with E-state index in [9.17, 15) is 8.42 Å². The van der Waals surface area contributed by atoms with Crippen molar-refractivity contribution in [1.82, 2.24) is 4.31 Å². The van der Waals surface area contributed by atoms with E-state index in [2.05, 4.69) is 0 Å². The molecule has 1 saturated heterocycles. The number of sulfonamides is 1. The van der Waals surface area contributed by atoms with Gasteiger partial charge in [0.05, 0.1) is 4.90 Å². The van der Waals surface area contributed by atoms with Gasteiger partial charge in [0, 0.05) is 18.6 Å². The Morgan fingerprint density at radius 1 is 1.29 bits per heavy atom. The van der Waals surface area contributed by atoms with Gasteiger partial charge in [0.2, 0.25) is 10.0 Å². The Bertz CT molecular complexity index is 542. The lowest BCUT2D eigenvalue weighted by atomic mass is 9.97. The third-order valence-electron chi connectivity index (χ3n) is 3.04. The van der Waals surface area contributed by atoms with Gasteiger partial charge >= 0.3 is 0 Å². The number of hydrogen-bond acceptors (Lipinski definition) is 3. The van der Waals surface area contributed by atoms with Crippen LogP contribution in [0.3, 0.4) is 0 Å². The zero-order valence-electron chi connectivity index (χ0n) is 10.4. The van der Waals surface area contributed by atoms with E-state index in [1.165, 1.54) is 4.31 Å². The summed E-state index contributed by atoms with van der Waals surface area (Å²) in [7, 11) is -3.37. The van der Waals surface area contributed by atoms with Crippen LogP contribution in [-0.2, 0) is 10.0 Å². The molecule has 2 rings (SSSR count). The van der Waals surface area contributed by atoms with Crippen LogP contribution in [0.1, 0.15) is 18.1 Å². The van der Waals surface area contributed by atoms with Gasteiger partial charge in [0.1, 0.15) is 0 Å². The van der Waals surface area contributed by atoms with E-state index in [1.54, 1.807) is 6.07 Å². The van der Waals surface area contributed by atoms with E-state index in [-0.39, 0.29) is 5.54 Å². The summed E-state index contributed by atoms with van der Waals surface area (Å²) < 4.78 is 26.1. The molecule has 0 amide bonds. The molecule has 1 aliphatic rings. The number of hydrogen-bond donors (Lipinski definition) is 1. The highest BCUT2D eigenvalue weighted by molar-refractivity contribution is 7.89. The van der Waals surface area contributed by atoms with Gasteiger partial charge in [0.15, 0.2) is 0 Å². The van der Waals surface area contributed by atoms with E-state index in [4.69, 9.17) is 5.73 Å². The molecule has 0 atom stereocenters. The maximum Gasteiger partial charge on any atom is 0.243 e. The molecule has 4 nitrogen and oxygen atoms in total. The molecule has 0 spiro atoms.